The predicted octanol–water partition coefficient (Wildman–Crippen LogP) is 3.75. The summed E-state index contributed by atoms with van der Waals surface area (Å²) < 4.78 is 30.1. The summed E-state index contributed by atoms with van der Waals surface area (Å²) in [5, 5.41) is 0.436. The smallest absolute Gasteiger partial charge is 0.290 e. The van der Waals surface area contributed by atoms with Crippen molar-refractivity contribution in [1.29, 1.82) is 0 Å². The summed E-state index contributed by atoms with van der Waals surface area (Å²) in [5.41, 5.74) is 3.16. The molecular weight excluding hydrogens is 426 g/mol. The van der Waals surface area contributed by atoms with Crippen LogP contribution in [0.1, 0.15) is 47.5 Å². The summed E-state index contributed by atoms with van der Waals surface area (Å²) >= 11 is 0. The zero-order valence-corrected chi connectivity index (χ0v) is 19.2. The molecule has 1 aromatic heterocycles. The van der Waals surface area contributed by atoms with Gasteiger partial charge in [-0.25, -0.2) is 8.42 Å². The second-order valence-electron chi connectivity index (χ2n) is 8.32. The van der Waals surface area contributed by atoms with E-state index < -0.39 is 21.8 Å². The number of carbonyl (C=O) groups is 1. The Labute approximate surface area is 187 Å². The molecule has 4 rings (SSSR count). The molecule has 32 heavy (non-hydrogen) atoms. The number of nitrogens with zero attached hydrogens (tertiary/aromatic N) is 1. The lowest BCUT2D eigenvalue weighted by molar-refractivity contribution is 0.0648. The number of amides is 1. The third-order valence-corrected chi connectivity index (χ3v) is 7.86. The molecule has 6 nitrogen and oxygen atoms in total. The number of aryl methyl sites for hydroxylation is 2. The van der Waals surface area contributed by atoms with Gasteiger partial charge >= 0.3 is 0 Å². The van der Waals surface area contributed by atoms with Crippen LogP contribution >= 0.6 is 0 Å². The van der Waals surface area contributed by atoms with E-state index in [1.165, 1.54) is 16.5 Å². The van der Waals surface area contributed by atoms with E-state index in [2.05, 4.69) is 6.92 Å². The highest BCUT2D eigenvalue weighted by Gasteiger charge is 2.36. The molecule has 1 fully saturated rings. The van der Waals surface area contributed by atoms with Gasteiger partial charge in [-0.05, 0) is 48.1 Å². The summed E-state index contributed by atoms with van der Waals surface area (Å²) in [6.45, 7) is 4.32. The van der Waals surface area contributed by atoms with Crippen molar-refractivity contribution in [3.8, 4) is 0 Å². The Kier molecular flexibility index (Phi) is 6.20. The minimum Gasteiger partial charge on any atom is -0.451 e. The molecule has 1 aliphatic rings. The average Bonchev–Trinajstić information content (AvgIpc) is 3.16. The highest BCUT2D eigenvalue weighted by atomic mass is 32.2. The van der Waals surface area contributed by atoms with Crippen molar-refractivity contribution in [2.45, 2.75) is 45.7 Å². The van der Waals surface area contributed by atoms with Gasteiger partial charge in [0.15, 0.2) is 21.0 Å². The fourth-order valence-electron chi connectivity index (χ4n) is 4.14. The number of rotatable bonds is 6. The van der Waals surface area contributed by atoms with E-state index in [4.69, 9.17) is 4.42 Å². The first-order valence-corrected chi connectivity index (χ1v) is 12.8. The second-order valence-corrected chi connectivity index (χ2v) is 10.5. The Hall–Kier alpha value is -2.93. The second kappa shape index (κ2) is 8.90. The highest BCUT2D eigenvalue weighted by molar-refractivity contribution is 7.91. The zero-order valence-electron chi connectivity index (χ0n) is 18.3. The first-order valence-electron chi connectivity index (χ1n) is 11.0. The van der Waals surface area contributed by atoms with Gasteiger partial charge in [0, 0.05) is 18.7 Å². The molecule has 7 heteroatoms. The van der Waals surface area contributed by atoms with E-state index >= 15 is 0 Å². The van der Waals surface area contributed by atoms with Crippen molar-refractivity contribution in [1.82, 2.24) is 4.90 Å². The number of carbonyl (C=O) groups excluding carboxylic acids is 1. The molecule has 0 bridgehead atoms. The molecule has 1 aliphatic heterocycles. The Balaban J connectivity index is 1.71. The Morgan fingerprint density at radius 3 is 2.28 bits per heavy atom. The predicted molar refractivity (Wildman–Crippen MR) is 125 cm³/mol. The molecule has 0 spiro atoms. The van der Waals surface area contributed by atoms with Crippen LogP contribution in [0.15, 0.2) is 57.7 Å². The average molecular weight is 454 g/mol. The van der Waals surface area contributed by atoms with E-state index in [9.17, 15) is 18.0 Å². The van der Waals surface area contributed by atoms with Gasteiger partial charge in [-0.2, -0.15) is 0 Å². The molecule has 0 saturated carbocycles. The van der Waals surface area contributed by atoms with Crippen LogP contribution in [0.4, 0.5) is 0 Å². The molecule has 2 heterocycles. The monoisotopic (exact) mass is 453 g/mol. The molecular formula is C25H27NO5S. The van der Waals surface area contributed by atoms with Crippen molar-refractivity contribution >= 4 is 26.7 Å². The molecule has 0 aliphatic carbocycles. The van der Waals surface area contributed by atoms with Gasteiger partial charge in [-0.15, -0.1) is 0 Å². The minimum atomic E-state index is -3.20. The van der Waals surface area contributed by atoms with Crippen LogP contribution in [0.3, 0.4) is 0 Å². The van der Waals surface area contributed by atoms with Crippen molar-refractivity contribution in [3.63, 3.8) is 0 Å². The molecule has 168 valence electrons. The van der Waals surface area contributed by atoms with E-state index in [-0.39, 0.29) is 29.2 Å². The van der Waals surface area contributed by atoms with E-state index in [1.807, 2.05) is 37.3 Å². The summed E-state index contributed by atoms with van der Waals surface area (Å²) in [6, 6.07) is 14.0. The van der Waals surface area contributed by atoms with Crippen LogP contribution in [0.5, 0.6) is 0 Å². The third kappa shape index (κ3) is 4.63. The number of hydrogen-bond acceptors (Lipinski definition) is 5. The Morgan fingerprint density at radius 2 is 1.66 bits per heavy atom. The highest BCUT2D eigenvalue weighted by Crippen LogP contribution is 2.24. The van der Waals surface area contributed by atoms with Crippen molar-refractivity contribution in [2.24, 2.45) is 0 Å². The van der Waals surface area contributed by atoms with Gasteiger partial charge in [0.05, 0.1) is 16.9 Å². The zero-order chi connectivity index (χ0) is 22.9. The van der Waals surface area contributed by atoms with Crippen molar-refractivity contribution in [2.75, 3.05) is 11.5 Å². The van der Waals surface area contributed by atoms with Crippen LogP contribution in [-0.4, -0.2) is 36.8 Å². The maximum Gasteiger partial charge on any atom is 0.290 e. The summed E-state index contributed by atoms with van der Waals surface area (Å²) in [7, 11) is -3.20. The number of sulfone groups is 1. The quantitative estimate of drug-likeness (QED) is 0.568. The van der Waals surface area contributed by atoms with Crippen LogP contribution in [0, 0.1) is 0 Å². The van der Waals surface area contributed by atoms with E-state index in [0.29, 0.717) is 17.4 Å². The largest absolute Gasteiger partial charge is 0.451 e. The first kappa shape index (κ1) is 22.3. The molecule has 0 radical (unpaired) electrons. The molecule has 3 aromatic rings. The van der Waals surface area contributed by atoms with Crippen LogP contribution in [0.25, 0.3) is 11.0 Å². The topological polar surface area (TPSA) is 84.7 Å². The fourth-order valence-corrected chi connectivity index (χ4v) is 5.87. The van der Waals surface area contributed by atoms with Gasteiger partial charge in [-0.3, -0.25) is 9.59 Å². The van der Waals surface area contributed by atoms with Crippen molar-refractivity contribution < 1.29 is 17.6 Å². The van der Waals surface area contributed by atoms with Gasteiger partial charge in [0.2, 0.25) is 0 Å². The molecule has 1 amide bonds. The minimum absolute atomic E-state index is 0.0533. The van der Waals surface area contributed by atoms with Gasteiger partial charge < -0.3 is 9.32 Å². The Morgan fingerprint density at radius 1 is 1.00 bits per heavy atom. The number of hydrogen-bond donors (Lipinski definition) is 0. The summed E-state index contributed by atoms with van der Waals surface area (Å²) in [6.07, 6.45) is 2.07. The van der Waals surface area contributed by atoms with E-state index in [0.717, 1.165) is 24.0 Å². The summed E-state index contributed by atoms with van der Waals surface area (Å²) in [4.78, 5) is 27.7. The molecule has 0 N–H and O–H groups in total. The lowest BCUT2D eigenvalue weighted by Crippen LogP contribution is -2.40. The lowest BCUT2D eigenvalue weighted by atomic mass is 10.1. The number of fused-ring (bicyclic) bond motifs is 1. The molecule has 1 saturated heterocycles. The maximum atomic E-state index is 13.5. The first-order chi connectivity index (χ1) is 15.3. The van der Waals surface area contributed by atoms with Crippen molar-refractivity contribution in [3.05, 3.63) is 81.2 Å². The maximum absolute atomic E-state index is 13.5. The summed E-state index contributed by atoms with van der Waals surface area (Å²) in [5.74, 6) is -0.562. The lowest BCUT2D eigenvalue weighted by Gasteiger charge is -2.28. The SMILES string of the molecule is CCc1ccc(CN(C(=O)c2cc(=O)c3cc(CC)ccc3o2)[C@H]2CCS(=O)(=O)C2)cc1. The fraction of sp³-hybridized carbons (Fsp3) is 0.360. The number of benzene rings is 2. The van der Waals surface area contributed by atoms with Crippen LogP contribution in [-0.2, 0) is 29.2 Å². The van der Waals surface area contributed by atoms with Crippen LogP contribution in [0.2, 0.25) is 0 Å². The van der Waals surface area contributed by atoms with Gasteiger partial charge in [0.25, 0.3) is 5.91 Å². The standard InChI is InChI=1S/C25H27NO5S/c1-3-17-5-7-19(8-6-17)15-26(20-11-12-32(29,30)16-20)25(28)24-14-22(27)21-13-18(4-2)9-10-23(21)31-24/h5-10,13-14,20H,3-4,11-12,15-16H2,1-2H3/t20-/m0/s1. The van der Waals surface area contributed by atoms with Gasteiger partial charge in [-0.1, -0.05) is 44.2 Å². The Bertz CT molecular complexity index is 1310. The molecule has 0 unspecified atom stereocenters. The third-order valence-electron chi connectivity index (χ3n) is 6.10. The van der Waals surface area contributed by atoms with Crippen LogP contribution < -0.4 is 5.43 Å². The molecule has 2 aromatic carbocycles. The van der Waals surface area contributed by atoms with E-state index in [1.54, 1.807) is 12.1 Å². The molecule has 1 atom stereocenters. The normalized spacial score (nSPS) is 17.5. The van der Waals surface area contributed by atoms with Gasteiger partial charge in [0.1, 0.15) is 5.58 Å².